The van der Waals surface area contributed by atoms with Gasteiger partial charge >= 0.3 is 0 Å². The van der Waals surface area contributed by atoms with Crippen molar-refractivity contribution in [3.63, 3.8) is 0 Å². The second-order valence-electron chi connectivity index (χ2n) is 5.17. The summed E-state index contributed by atoms with van der Waals surface area (Å²) >= 11 is 0. The average molecular weight is 276 g/mol. The van der Waals surface area contributed by atoms with Gasteiger partial charge in [0.1, 0.15) is 5.82 Å². The summed E-state index contributed by atoms with van der Waals surface area (Å²) in [6, 6.07) is 4.07. The third-order valence-electron chi connectivity index (χ3n) is 3.77. The Labute approximate surface area is 120 Å². The van der Waals surface area contributed by atoms with Gasteiger partial charge in [-0.2, -0.15) is 0 Å². The highest BCUT2D eigenvalue weighted by Crippen LogP contribution is 2.24. The molecule has 1 aliphatic rings. The maximum atomic E-state index is 11.8. The number of piperidine rings is 1. The van der Waals surface area contributed by atoms with Crippen LogP contribution in [0.15, 0.2) is 18.3 Å². The molecule has 5 nitrogen and oxygen atoms in total. The van der Waals surface area contributed by atoms with Crippen LogP contribution in [-0.2, 0) is 11.3 Å². The summed E-state index contributed by atoms with van der Waals surface area (Å²) in [6.07, 6.45) is 3.83. The molecule has 1 saturated heterocycles. The zero-order chi connectivity index (χ0) is 14.4. The Bertz CT molecular complexity index is 449. The van der Waals surface area contributed by atoms with E-state index in [4.69, 9.17) is 0 Å². The van der Waals surface area contributed by atoms with Crippen molar-refractivity contribution < 1.29 is 4.79 Å². The van der Waals surface area contributed by atoms with Gasteiger partial charge in [0.2, 0.25) is 5.91 Å². The van der Waals surface area contributed by atoms with Crippen molar-refractivity contribution in [2.75, 3.05) is 31.6 Å². The molecular weight excluding hydrogens is 252 g/mol. The maximum absolute atomic E-state index is 11.8. The minimum atomic E-state index is 0.0720. The van der Waals surface area contributed by atoms with E-state index in [0.29, 0.717) is 0 Å². The second kappa shape index (κ2) is 7.24. The molecule has 0 aromatic carbocycles. The van der Waals surface area contributed by atoms with Crippen LogP contribution in [0, 0.1) is 5.92 Å². The van der Waals surface area contributed by atoms with Gasteiger partial charge in [0.15, 0.2) is 0 Å². The molecule has 0 bridgehead atoms. The number of hydrogen-bond acceptors (Lipinski definition) is 4. The highest BCUT2D eigenvalue weighted by Gasteiger charge is 2.26. The van der Waals surface area contributed by atoms with Crippen molar-refractivity contribution in [1.82, 2.24) is 15.6 Å². The molecule has 1 fully saturated rings. The summed E-state index contributed by atoms with van der Waals surface area (Å²) in [4.78, 5) is 18.6. The van der Waals surface area contributed by atoms with E-state index in [9.17, 15) is 4.79 Å². The standard InChI is InChI=1S/C15H24N4O/c1-3-17-10-12-6-4-8-18-14(12)19-9-5-7-13(11-19)15(20)16-2/h4,6,8,13,17H,3,5,7,9-11H2,1-2H3,(H,16,20). The predicted molar refractivity (Wildman–Crippen MR) is 80.6 cm³/mol. The molecule has 0 saturated carbocycles. The van der Waals surface area contributed by atoms with E-state index in [1.54, 1.807) is 7.05 Å². The van der Waals surface area contributed by atoms with Crippen LogP contribution in [0.3, 0.4) is 0 Å². The highest BCUT2D eigenvalue weighted by atomic mass is 16.1. The molecule has 0 spiro atoms. The van der Waals surface area contributed by atoms with Gasteiger partial charge < -0.3 is 15.5 Å². The Morgan fingerprint density at radius 1 is 1.55 bits per heavy atom. The molecule has 2 N–H and O–H groups in total. The lowest BCUT2D eigenvalue weighted by Gasteiger charge is -2.33. The lowest BCUT2D eigenvalue weighted by molar-refractivity contribution is -0.124. The van der Waals surface area contributed by atoms with Gasteiger partial charge in [0.05, 0.1) is 5.92 Å². The molecule has 0 radical (unpaired) electrons. The smallest absolute Gasteiger partial charge is 0.224 e. The fourth-order valence-corrected chi connectivity index (χ4v) is 2.70. The number of rotatable bonds is 5. The Kier molecular flexibility index (Phi) is 5.35. The molecule has 1 unspecified atom stereocenters. The molecular formula is C15H24N4O. The Balaban J connectivity index is 2.12. The predicted octanol–water partition coefficient (Wildman–Crippen LogP) is 1.15. The fourth-order valence-electron chi connectivity index (χ4n) is 2.70. The van der Waals surface area contributed by atoms with Crippen LogP contribution in [0.2, 0.25) is 0 Å². The van der Waals surface area contributed by atoms with Crippen molar-refractivity contribution in [3.8, 4) is 0 Å². The first-order valence-electron chi connectivity index (χ1n) is 7.37. The van der Waals surface area contributed by atoms with Crippen LogP contribution in [-0.4, -0.2) is 37.6 Å². The molecule has 110 valence electrons. The maximum Gasteiger partial charge on any atom is 0.224 e. The summed E-state index contributed by atoms with van der Waals surface area (Å²) in [5, 5.41) is 6.10. The fraction of sp³-hybridized carbons (Fsp3) is 0.600. The Hall–Kier alpha value is -1.62. The first kappa shape index (κ1) is 14.8. The van der Waals surface area contributed by atoms with E-state index < -0.39 is 0 Å². The number of pyridine rings is 1. The lowest BCUT2D eigenvalue weighted by atomic mass is 9.97. The van der Waals surface area contributed by atoms with Crippen molar-refractivity contribution in [1.29, 1.82) is 0 Å². The number of carbonyl (C=O) groups is 1. The molecule has 1 aliphatic heterocycles. The SMILES string of the molecule is CCNCc1cccnc1N1CCCC(C(=O)NC)C1. The first-order valence-corrected chi connectivity index (χ1v) is 7.37. The highest BCUT2D eigenvalue weighted by molar-refractivity contribution is 5.79. The van der Waals surface area contributed by atoms with E-state index in [2.05, 4.69) is 33.5 Å². The van der Waals surface area contributed by atoms with Gasteiger partial charge in [-0.05, 0) is 25.5 Å². The van der Waals surface area contributed by atoms with Gasteiger partial charge in [-0.1, -0.05) is 13.0 Å². The minimum absolute atomic E-state index is 0.0720. The monoisotopic (exact) mass is 276 g/mol. The number of carbonyl (C=O) groups excluding carboxylic acids is 1. The minimum Gasteiger partial charge on any atom is -0.359 e. The third kappa shape index (κ3) is 3.48. The van der Waals surface area contributed by atoms with Gasteiger partial charge in [0.25, 0.3) is 0 Å². The first-order chi connectivity index (χ1) is 9.76. The van der Waals surface area contributed by atoms with E-state index in [0.717, 1.165) is 44.8 Å². The van der Waals surface area contributed by atoms with Crippen molar-refractivity contribution in [2.24, 2.45) is 5.92 Å². The lowest BCUT2D eigenvalue weighted by Crippen LogP contribution is -2.43. The van der Waals surface area contributed by atoms with Gasteiger partial charge in [0, 0.05) is 38.4 Å². The van der Waals surface area contributed by atoms with Crippen LogP contribution in [0.5, 0.6) is 0 Å². The second-order valence-corrected chi connectivity index (χ2v) is 5.17. The van der Waals surface area contributed by atoms with Crippen molar-refractivity contribution in [2.45, 2.75) is 26.3 Å². The van der Waals surface area contributed by atoms with Crippen LogP contribution < -0.4 is 15.5 Å². The van der Waals surface area contributed by atoms with Crippen LogP contribution >= 0.6 is 0 Å². The van der Waals surface area contributed by atoms with Crippen molar-refractivity contribution in [3.05, 3.63) is 23.9 Å². The molecule has 1 aromatic heterocycles. The number of aromatic nitrogens is 1. The average Bonchev–Trinajstić information content (AvgIpc) is 2.52. The summed E-state index contributed by atoms with van der Waals surface area (Å²) in [6.45, 7) is 5.59. The van der Waals surface area contributed by atoms with Crippen LogP contribution in [0.1, 0.15) is 25.3 Å². The number of nitrogens with one attached hydrogen (secondary N) is 2. The summed E-state index contributed by atoms with van der Waals surface area (Å²) in [5.74, 6) is 1.23. The third-order valence-corrected chi connectivity index (χ3v) is 3.77. The van der Waals surface area contributed by atoms with Gasteiger partial charge in [-0.25, -0.2) is 4.98 Å². The zero-order valence-electron chi connectivity index (χ0n) is 12.4. The Morgan fingerprint density at radius 3 is 3.15 bits per heavy atom. The van der Waals surface area contributed by atoms with E-state index >= 15 is 0 Å². The molecule has 1 aromatic rings. The molecule has 1 atom stereocenters. The summed E-state index contributed by atoms with van der Waals surface area (Å²) < 4.78 is 0. The number of amides is 1. The molecule has 1 amide bonds. The van der Waals surface area contributed by atoms with Crippen LogP contribution in [0.25, 0.3) is 0 Å². The molecule has 20 heavy (non-hydrogen) atoms. The molecule has 2 rings (SSSR count). The summed E-state index contributed by atoms with van der Waals surface area (Å²) in [5.41, 5.74) is 1.20. The Morgan fingerprint density at radius 2 is 2.40 bits per heavy atom. The van der Waals surface area contributed by atoms with Gasteiger partial charge in [-0.15, -0.1) is 0 Å². The zero-order valence-corrected chi connectivity index (χ0v) is 12.4. The van der Waals surface area contributed by atoms with E-state index in [1.807, 2.05) is 12.3 Å². The number of nitrogens with zero attached hydrogens (tertiary/aromatic N) is 2. The number of hydrogen-bond donors (Lipinski definition) is 2. The summed E-state index contributed by atoms with van der Waals surface area (Å²) in [7, 11) is 1.71. The van der Waals surface area contributed by atoms with Crippen molar-refractivity contribution >= 4 is 11.7 Å². The molecule has 5 heteroatoms. The molecule has 2 heterocycles. The van der Waals surface area contributed by atoms with Crippen LogP contribution in [0.4, 0.5) is 5.82 Å². The normalized spacial score (nSPS) is 18.9. The number of anilines is 1. The largest absolute Gasteiger partial charge is 0.359 e. The van der Waals surface area contributed by atoms with Gasteiger partial charge in [-0.3, -0.25) is 4.79 Å². The molecule has 0 aliphatic carbocycles. The van der Waals surface area contributed by atoms with E-state index in [1.165, 1.54) is 5.56 Å². The van der Waals surface area contributed by atoms with E-state index in [-0.39, 0.29) is 11.8 Å². The quantitative estimate of drug-likeness (QED) is 0.847. The topological polar surface area (TPSA) is 57.3 Å².